The van der Waals surface area contributed by atoms with E-state index in [1.807, 2.05) is 10.6 Å². The number of hydrogen-bond acceptors (Lipinski definition) is 10. The lowest BCUT2D eigenvalue weighted by atomic mass is 9.88. The summed E-state index contributed by atoms with van der Waals surface area (Å²) in [4.78, 5) is 27.8. The molecule has 244 valence electrons. The summed E-state index contributed by atoms with van der Waals surface area (Å²) in [5.74, 6) is 0.625. The van der Waals surface area contributed by atoms with Crippen LogP contribution >= 0.6 is 23.1 Å². The Hall–Kier alpha value is -2.78. The van der Waals surface area contributed by atoms with Crippen LogP contribution in [0.25, 0.3) is 11.4 Å². The molecular formula is C31H41N5O6S3. The Bertz CT molecular complexity index is 1640. The Kier molecular flexibility index (Phi) is 10.7. The average molecular weight is 676 g/mol. The van der Waals surface area contributed by atoms with E-state index in [1.54, 1.807) is 32.0 Å². The second-order valence-electron chi connectivity index (χ2n) is 11.9. The van der Waals surface area contributed by atoms with Gasteiger partial charge < -0.3 is 19.4 Å². The van der Waals surface area contributed by atoms with Crippen LogP contribution in [0.15, 0.2) is 34.3 Å². The summed E-state index contributed by atoms with van der Waals surface area (Å²) < 4.78 is 40.8. The predicted octanol–water partition coefficient (Wildman–Crippen LogP) is 5.10. The molecule has 2 atom stereocenters. The van der Waals surface area contributed by atoms with Crippen molar-refractivity contribution in [3.63, 3.8) is 0 Å². The maximum atomic E-state index is 13.5. The minimum absolute atomic E-state index is 0.188. The largest absolute Gasteiger partial charge is 0.462 e. The van der Waals surface area contributed by atoms with Crippen LogP contribution in [0.5, 0.6) is 0 Å². The van der Waals surface area contributed by atoms with E-state index in [-0.39, 0.29) is 23.3 Å². The van der Waals surface area contributed by atoms with Crippen LogP contribution in [-0.4, -0.2) is 77.5 Å². The fourth-order valence-corrected chi connectivity index (χ4v) is 9.25. The van der Waals surface area contributed by atoms with Gasteiger partial charge in [0.2, 0.25) is 15.9 Å². The van der Waals surface area contributed by atoms with E-state index >= 15 is 0 Å². The number of morpholine rings is 1. The molecule has 45 heavy (non-hydrogen) atoms. The number of nitrogens with zero attached hydrogens (tertiary/aromatic N) is 4. The number of amides is 1. The molecule has 2 aliphatic rings. The number of carbonyl (C=O) groups excluding carboxylic acids is 2. The van der Waals surface area contributed by atoms with Gasteiger partial charge in [-0.25, -0.2) is 13.2 Å². The molecule has 3 heterocycles. The Labute approximate surface area is 273 Å². The van der Waals surface area contributed by atoms with Crippen molar-refractivity contribution in [3.05, 3.63) is 40.3 Å². The lowest BCUT2D eigenvalue weighted by molar-refractivity contribution is -0.115. The molecule has 14 heteroatoms. The van der Waals surface area contributed by atoms with Crippen LogP contribution < -0.4 is 5.32 Å². The number of thiophene rings is 1. The van der Waals surface area contributed by atoms with E-state index in [9.17, 15) is 18.0 Å². The average Bonchev–Trinajstić information content (AvgIpc) is 3.57. The highest BCUT2D eigenvalue weighted by Gasteiger charge is 2.31. The molecule has 11 nitrogen and oxygen atoms in total. The van der Waals surface area contributed by atoms with Crippen LogP contribution in [0.1, 0.15) is 61.8 Å². The van der Waals surface area contributed by atoms with Gasteiger partial charge in [0.1, 0.15) is 5.00 Å². The molecule has 2 aromatic heterocycles. The lowest BCUT2D eigenvalue weighted by Crippen LogP contribution is -2.40. The highest BCUT2D eigenvalue weighted by Crippen LogP contribution is 2.40. The number of benzene rings is 1. The Morgan fingerprint density at radius 2 is 1.96 bits per heavy atom. The number of rotatable bonds is 11. The van der Waals surface area contributed by atoms with Gasteiger partial charge in [-0.1, -0.05) is 44.7 Å². The van der Waals surface area contributed by atoms with Gasteiger partial charge in [-0.3, -0.25) is 4.79 Å². The van der Waals surface area contributed by atoms with Gasteiger partial charge in [-0.15, -0.1) is 21.5 Å². The quantitative estimate of drug-likeness (QED) is 0.218. The summed E-state index contributed by atoms with van der Waals surface area (Å²) in [7, 11) is -3.69. The van der Waals surface area contributed by atoms with E-state index in [4.69, 9.17) is 9.47 Å². The smallest absolute Gasteiger partial charge is 0.341 e. The van der Waals surface area contributed by atoms with Gasteiger partial charge in [-0.2, -0.15) is 4.31 Å². The topological polar surface area (TPSA) is 133 Å². The first-order chi connectivity index (χ1) is 21.5. The summed E-state index contributed by atoms with van der Waals surface area (Å²) in [5.41, 5.74) is 2.09. The summed E-state index contributed by atoms with van der Waals surface area (Å²) in [6, 6.07) is 6.75. The highest BCUT2D eigenvalue weighted by atomic mass is 32.2. The number of esters is 1. The first kappa shape index (κ1) is 33.6. The molecule has 0 bridgehead atoms. The molecule has 3 aromatic rings. The van der Waals surface area contributed by atoms with Crippen LogP contribution in [-0.2, 0) is 43.7 Å². The van der Waals surface area contributed by atoms with Gasteiger partial charge in [0.15, 0.2) is 11.0 Å². The second-order valence-corrected chi connectivity index (χ2v) is 16.2. The van der Waals surface area contributed by atoms with E-state index in [1.165, 1.54) is 27.4 Å². The second kappa shape index (κ2) is 14.3. The molecule has 1 N–H and O–H groups in total. The Balaban J connectivity index is 1.39. The normalized spacial score (nSPS) is 18.0. The Morgan fingerprint density at radius 3 is 2.67 bits per heavy atom. The van der Waals surface area contributed by atoms with Gasteiger partial charge in [0.05, 0.1) is 35.5 Å². The van der Waals surface area contributed by atoms with Crippen molar-refractivity contribution < 1.29 is 27.5 Å². The van der Waals surface area contributed by atoms with Crippen LogP contribution in [0.4, 0.5) is 5.00 Å². The number of ether oxygens (including phenoxy) is 2. The summed E-state index contributed by atoms with van der Waals surface area (Å²) in [5, 5.41) is 12.4. The van der Waals surface area contributed by atoms with Gasteiger partial charge in [-0.05, 0) is 62.6 Å². The SMILES string of the molecule is CCOC(=O)c1c(NC(=O)[C@@H](C)Sc2nnc(-c3cccc(S(=O)(=O)N4CCOCC4)c3)n2CC(C)C)sc2c1CC[C@H](C)C2. The first-order valence-electron chi connectivity index (χ1n) is 15.4. The monoisotopic (exact) mass is 675 g/mol. The van der Waals surface area contributed by atoms with Crippen molar-refractivity contribution in [3.8, 4) is 11.4 Å². The number of fused-ring (bicyclic) bond motifs is 1. The first-order valence-corrected chi connectivity index (χ1v) is 18.5. The third-order valence-electron chi connectivity index (χ3n) is 7.84. The van der Waals surface area contributed by atoms with E-state index in [2.05, 4.69) is 36.3 Å². The van der Waals surface area contributed by atoms with Crippen LogP contribution in [0.3, 0.4) is 0 Å². The van der Waals surface area contributed by atoms with Gasteiger partial charge in [0, 0.05) is 30.1 Å². The molecule has 0 radical (unpaired) electrons. The number of nitrogens with one attached hydrogen (secondary N) is 1. The zero-order valence-corrected chi connectivity index (χ0v) is 28.8. The van der Waals surface area contributed by atoms with Crippen LogP contribution in [0, 0.1) is 11.8 Å². The molecule has 1 aliphatic heterocycles. The minimum Gasteiger partial charge on any atom is -0.462 e. The number of carbonyl (C=O) groups is 2. The number of aromatic nitrogens is 3. The molecule has 0 spiro atoms. The lowest BCUT2D eigenvalue weighted by Gasteiger charge is -2.26. The molecule has 0 unspecified atom stereocenters. The van der Waals surface area contributed by atoms with Crippen molar-refractivity contribution in [2.45, 2.75) is 75.7 Å². The number of hydrogen-bond donors (Lipinski definition) is 1. The third-order valence-corrected chi connectivity index (χ3v) is 12.0. The fourth-order valence-electron chi connectivity index (χ4n) is 5.53. The maximum Gasteiger partial charge on any atom is 0.341 e. The zero-order chi connectivity index (χ0) is 32.3. The van der Waals surface area contributed by atoms with E-state index in [0.29, 0.717) is 65.9 Å². The molecule has 5 rings (SSSR count). The van der Waals surface area contributed by atoms with Gasteiger partial charge in [0.25, 0.3) is 0 Å². The molecule has 1 fully saturated rings. The van der Waals surface area contributed by atoms with E-state index < -0.39 is 21.2 Å². The number of sulfonamides is 1. The standard InChI is InChI=1S/C31H41N5O6S3/c1-6-42-30(38)26-24-11-10-20(4)16-25(24)44-29(26)32-28(37)21(5)43-31-34-33-27(36(31)18-19(2)3)22-8-7-9-23(17-22)45(39,40)35-12-14-41-15-13-35/h7-9,17,19-21H,6,10-16,18H2,1-5H3,(H,32,37)/t20-,21+/m0/s1. The molecule has 1 amide bonds. The van der Waals surface area contributed by atoms with Crippen molar-refractivity contribution in [1.29, 1.82) is 0 Å². The van der Waals surface area contributed by atoms with E-state index in [0.717, 1.165) is 29.7 Å². The summed E-state index contributed by atoms with van der Waals surface area (Å²) in [6.07, 6.45) is 2.66. The number of thioether (sulfide) groups is 1. The molecule has 1 aromatic carbocycles. The van der Waals surface area contributed by atoms with Crippen molar-refractivity contribution >= 4 is 50.0 Å². The summed E-state index contributed by atoms with van der Waals surface area (Å²) in [6.45, 7) is 12.1. The molecule has 1 aliphatic carbocycles. The van der Waals surface area contributed by atoms with Gasteiger partial charge >= 0.3 is 5.97 Å². The zero-order valence-electron chi connectivity index (χ0n) is 26.4. The minimum atomic E-state index is -3.69. The number of anilines is 1. The van der Waals surface area contributed by atoms with Crippen LogP contribution in [0.2, 0.25) is 0 Å². The van der Waals surface area contributed by atoms with Crippen molar-refractivity contribution in [2.75, 3.05) is 38.2 Å². The fraction of sp³-hybridized carbons (Fsp3) is 0.548. The predicted molar refractivity (Wildman–Crippen MR) is 175 cm³/mol. The van der Waals surface area contributed by atoms with Crippen molar-refractivity contribution in [1.82, 2.24) is 19.1 Å². The third kappa shape index (κ3) is 7.46. The molecular weight excluding hydrogens is 635 g/mol. The maximum absolute atomic E-state index is 13.5. The Morgan fingerprint density at radius 1 is 1.20 bits per heavy atom. The summed E-state index contributed by atoms with van der Waals surface area (Å²) >= 11 is 2.74. The van der Waals surface area contributed by atoms with Crippen molar-refractivity contribution in [2.24, 2.45) is 11.8 Å². The molecule has 0 saturated carbocycles. The molecule has 1 saturated heterocycles. The highest BCUT2D eigenvalue weighted by molar-refractivity contribution is 8.00.